The van der Waals surface area contributed by atoms with Crippen LogP contribution >= 0.6 is 0 Å². The molecule has 0 spiro atoms. The van der Waals surface area contributed by atoms with Gasteiger partial charge in [0.25, 0.3) is 0 Å². The number of hydrogen-bond acceptors (Lipinski definition) is 0. The summed E-state index contributed by atoms with van der Waals surface area (Å²) in [7, 11) is 0. The Morgan fingerprint density at radius 3 is 2.25 bits per heavy atom. The quantitative estimate of drug-likeness (QED) is 0.408. The van der Waals surface area contributed by atoms with Gasteiger partial charge in [-0.3, -0.25) is 0 Å². The second kappa shape index (κ2) is 3.46. The van der Waals surface area contributed by atoms with Crippen molar-refractivity contribution >= 4 is 15.7 Å². The van der Waals surface area contributed by atoms with E-state index in [4.69, 9.17) is 0 Å². The standard InChI is InChI=1S/C2H5.Al.FH/c1-2;;/h1H2,2H3;;1H/q;+1;/p-1. The van der Waals surface area contributed by atoms with Gasteiger partial charge < -0.3 is 3.52 Å². The van der Waals surface area contributed by atoms with Gasteiger partial charge in [0, 0.05) is 0 Å². The summed E-state index contributed by atoms with van der Waals surface area (Å²) in [5.74, 6) is 0. The van der Waals surface area contributed by atoms with Gasteiger partial charge in [0.15, 0.2) is 0 Å². The van der Waals surface area contributed by atoms with Crippen LogP contribution in [0, 0.1) is 0 Å². The van der Waals surface area contributed by atoms with Crippen molar-refractivity contribution in [3.63, 3.8) is 0 Å². The zero-order chi connectivity index (χ0) is 3.41. The van der Waals surface area contributed by atoms with E-state index in [0.717, 1.165) is 5.28 Å². The van der Waals surface area contributed by atoms with Crippen LogP contribution in [0.25, 0.3) is 0 Å². The normalized spacial score (nSPS) is 6.50. The largest absolute Gasteiger partial charge is 0.490 e. The van der Waals surface area contributed by atoms with Crippen molar-refractivity contribution < 1.29 is 3.52 Å². The monoisotopic (exact) mass is 75.0 g/mol. The minimum atomic E-state index is -0.718. The van der Waals surface area contributed by atoms with Crippen LogP contribution in [0.3, 0.4) is 0 Å². The fourth-order valence-corrected chi connectivity index (χ4v) is 0. The van der Waals surface area contributed by atoms with Crippen molar-refractivity contribution in [2.24, 2.45) is 0 Å². The smallest absolute Gasteiger partial charge is 0.432 e. The molecule has 0 aromatic carbocycles. The van der Waals surface area contributed by atoms with E-state index in [1.54, 1.807) is 0 Å². The van der Waals surface area contributed by atoms with Gasteiger partial charge in [0.2, 0.25) is 0 Å². The molecule has 4 heavy (non-hydrogen) atoms. The first-order valence-electron chi connectivity index (χ1n) is 1.33. The second-order valence-corrected chi connectivity index (χ2v) is 1.69. The van der Waals surface area contributed by atoms with Crippen LogP contribution in [0.1, 0.15) is 6.92 Å². The highest BCUT2D eigenvalue weighted by Gasteiger charge is 1.74. The average Bonchev–Trinajstić information content (AvgIpc) is 1.37. The van der Waals surface area contributed by atoms with Crippen LogP contribution in [0.2, 0.25) is 5.28 Å². The molecule has 0 atom stereocenters. The summed E-state index contributed by atoms with van der Waals surface area (Å²) in [6.45, 7) is 1.84. The lowest BCUT2D eigenvalue weighted by Gasteiger charge is -1.58. The first-order chi connectivity index (χ1) is 1.91. The Morgan fingerprint density at radius 2 is 2.25 bits per heavy atom. The molecule has 0 nitrogen and oxygen atoms in total. The Bertz CT molecular complexity index is 8.00. The predicted molar refractivity (Wildman–Crippen MR) is 17.3 cm³/mol. The van der Waals surface area contributed by atoms with Gasteiger partial charge in [-0.1, -0.05) is 12.2 Å². The highest BCUT2D eigenvalue weighted by Crippen LogP contribution is 1.67. The maximum atomic E-state index is 10.8. The van der Waals surface area contributed by atoms with Crippen LogP contribution in [-0.2, 0) is 0 Å². The highest BCUT2D eigenvalue weighted by molar-refractivity contribution is 6.25. The van der Waals surface area contributed by atoms with Crippen molar-refractivity contribution in [2.45, 2.75) is 12.2 Å². The summed E-state index contributed by atoms with van der Waals surface area (Å²) in [6.07, 6.45) is 0. The Balaban J connectivity index is 1.97. The van der Waals surface area contributed by atoms with Crippen molar-refractivity contribution in [1.29, 1.82) is 0 Å². The number of rotatable bonds is 1. The molecule has 0 bridgehead atoms. The molecule has 0 amide bonds. The maximum Gasteiger partial charge on any atom is 0.490 e. The van der Waals surface area contributed by atoms with Crippen LogP contribution in [-0.4, -0.2) is 15.7 Å². The molecule has 2 heteroatoms. The lowest BCUT2D eigenvalue weighted by Crippen LogP contribution is -1.64. The molecule has 0 saturated heterocycles. The highest BCUT2D eigenvalue weighted by atomic mass is 27.2. The molecule has 0 aliphatic carbocycles. The molecule has 0 aromatic heterocycles. The molecule has 0 N–H and O–H groups in total. The second-order valence-electron chi connectivity index (χ2n) is 0.563. The average molecular weight is 75.0 g/mol. The molecule has 1 radical (unpaired) electrons. The first-order valence-corrected chi connectivity index (χ1v) is 2.59. The molecule has 0 heterocycles. The topological polar surface area (TPSA) is 0 Å². The molecule has 0 aliphatic heterocycles. The Hall–Kier alpha value is 0.462. The maximum absolute atomic E-state index is 10.8. The summed E-state index contributed by atoms with van der Waals surface area (Å²) in [6, 6.07) is 0. The van der Waals surface area contributed by atoms with Crippen molar-refractivity contribution in [2.75, 3.05) is 0 Å². The molecular weight excluding hydrogens is 70.0 g/mol. The van der Waals surface area contributed by atoms with Crippen LogP contribution < -0.4 is 0 Å². The van der Waals surface area contributed by atoms with Gasteiger partial charge >= 0.3 is 15.7 Å². The van der Waals surface area contributed by atoms with E-state index in [-0.39, 0.29) is 0 Å². The lowest BCUT2D eigenvalue weighted by molar-refractivity contribution is 0.863. The summed E-state index contributed by atoms with van der Waals surface area (Å²) in [5, 5.41) is 0.736. The minimum absolute atomic E-state index is 0.718. The summed E-state index contributed by atoms with van der Waals surface area (Å²) in [4.78, 5) is 0. The SMILES string of the molecule is C[CH2][Al][F]. The molecule has 0 fully saturated rings. The summed E-state index contributed by atoms with van der Waals surface area (Å²) < 4.78 is 10.8. The van der Waals surface area contributed by atoms with Crippen LogP contribution in [0.15, 0.2) is 0 Å². The van der Waals surface area contributed by atoms with Crippen LogP contribution in [0.4, 0.5) is 3.52 Å². The molecule has 23 valence electrons. The number of hydrogen-bond donors (Lipinski definition) is 0. The fraction of sp³-hybridized carbons (Fsp3) is 1.00. The molecule has 0 aromatic rings. The molecule has 0 rings (SSSR count). The zero-order valence-electron chi connectivity index (χ0n) is 2.66. The van der Waals surface area contributed by atoms with Gasteiger partial charge in [-0.25, -0.2) is 0 Å². The molecular formula is C2H5AlF. The van der Waals surface area contributed by atoms with E-state index in [0.29, 0.717) is 0 Å². The van der Waals surface area contributed by atoms with Gasteiger partial charge in [-0.15, -0.1) is 0 Å². The Morgan fingerprint density at radius 1 is 2.00 bits per heavy atom. The first kappa shape index (κ1) is 4.46. The van der Waals surface area contributed by atoms with Crippen molar-refractivity contribution in [3.05, 3.63) is 0 Å². The lowest BCUT2D eigenvalue weighted by atomic mass is 11.0. The molecule has 0 unspecified atom stereocenters. The van der Waals surface area contributed by atoms with Gasteiger partial charge in [-0.05, 0) is 0 Å². The van der Waals surface area contributed by atoms with E-state index >= 15 is 0 Å². The molecule has 0 aliphatic rings. The third-order valence-electron chi connectivity index (χ3n) is 0.154. The van der Waals surface area contributed by atoms with E-state index in [2.05, 4.69) is 0 Å². The third-order valence-corrected chi connectivity index (χ3v) is 0.463. The van der Waals surface area contributed by atoms with E-state index in [9.17, 15) is 3.52 Å². The van der Waals surface area contributed by atoms with E-state index in [1.165, 1.54) is 0 Å². The fourth-order valence-electron chi connectivity index (χ4n) is 0. The van der Waals surface area contributed by atoms with Crippen molar-refractivity contribution in [1.82, 2.24) is 0 Å². The summed E-state index contributed by atoms with van der Waals surface area (Å²) in [5.41, 5.74) is 0. The minimum Gasteiger partial charge on any atom is -0.432 e. The number of halogens is 1. The van der Waals surface area contributed by atoms with E-state index < -0.39 is 15.7 Å². The van der Waals surface area contributed by atoms with Gasteiger partial charge in [0.05, 0.1) is 0 Å². The zero-order valence-corrected chi connectivity index (χ0v) is 3.82. The van der Waals surface area contributed by atoms with Gasteiger partial charge in [0.1, 0.15) is 0 Å². The third kappa shape index (κ3) is 2.46. The van der Waals surface area contributed by atoms with Crippen molar-refractivity contribution in [3.8, 4) is 0 Å². The van der Waals surface area contributed by atoms with Gasteiger partial charge in [-0.2, -0.15) is 0 Å². The Kier molecular flexibility index (Phi) is 3.86. The van der Waals surface area contributed by atoms with Crippen LogP contribution in [0.5, 0.6) is 0 Å². The molecule has 0 saturated carbocycles. The summed E-state index contributed by atoms with van der Waals surface area (Å²) >= 11 is -0.718. The Labute approximate surface area is 32.2 Å². The predicted octanol–water partition coefficient (Wildman–Crippen LogP) is 1.01. The van der Waals surface area contributed by atoms with E-state index in [1.807, 2.05) is 6.92 Å².